The van der Waals surface area contributed by atoms with Crippen molar-refractivity contribution in [1.29, 1.82) is 0 Å². The third kappa shape index (κ3) is 3.60. The lowest BCUT2D eigenvalue weighted by molar-refractivity contribution is 0.0190. The number of hydrogen-bond acceptors (Lipinski definition) is 2. The molecule has 0 aromatic heterocycles. The first kappa shape index (κ1) is 14.6. The van der Waals surface area contributed by atoms with Crippen molar-refractivity contribution in [2.45, 2.75) is 65.0 Å². The molecule has 1 aliphatic heterocycles. The van der Waals surface area contributed by atoms with Crippen LogP contribution in [-0.2, 0) is 10.8 Å². The van der Waals surface area contributed by atoms with Crippen LogP contribution in [0.2, 0.25) is 19.6 Å². The van der Waals surface area contributed by atoms with Gasteiger partial charge < -0.3 is 9.16 Å². The predicted octanol–water partition coefficient (Wildman–Crippen LogP) is 4.70. The molecule has 0 N–H and O–H groups in total. The molecular formula is C16H26O2Si. The zero-order valence-electron chi connectivity index (χ0n) is 13.0. The van der Waals surface area contributed by atoms with Crippen LogP contribution in [-0.4, -0.2) is 13.9 Å². The van der Waals surface area contributed by atoms with E-state index < -0.39 is 8.32 Å². The monoisotopic (exact) mass is 278 g/mol. The number of benzene rings is 1. The van der Waals surface area contributed by atoms with Gasteiger partial charge in [-0.1, -0.05) is 13.0 Å². The number of rotatable bonds is 3. The molecule has 0 saturated heterocycles. The fourth-order valence-corrected chi connectivity index (χ4v) is 3.65. The van der Waals surface area contributed by atoms with E-state index in [1.165, 1.54) is 11.1 Å². The van der Waals surface area contributed by atoms with Gasteiger partial charge in [0.05, 0.1) is 6.10 Å². The van der Waals surface area contributed by atoms with Crippen molar-refractivity contribution in [2.75, 3.05) is 0 Å². The van der Waals surface area contributed by atoms with Gasteiger partial charge in [-0.25, -0.2) is 0 Å². The molecule has 3 heteroatoms. The highest BCUT2D eigenvalue weighted by molar-refractivity contribution is 6.69. The summed E-state index contributed by atoms with van der Waals surface area (Å²) >= 11 is 0. The van der Waals surface area contributed by atoms with E-state index in [2.05, 4.69) is 58.6 Å². The largest absolute Gasteiger partial charge is 0.487 e. The number of aryl methyl sites for hydroxylation is 1. The first-order valence-corrected chi connectivity index (χ1v) is 10.6. The standard InChI is InChI=1S/C16H26O2Si/c1-7-12-8-9-14-13(10-12)15(18-19(4,5)6)11-16(2,3)17-14/h8-10,15H,7,11H2,1-6H3. The van der Waals surface area contributed by atoms with Crippen LogP contribution >= 0.6 is 0 Å². The SMILES string of the molecule is CCc1ccc2c(c1)C(O[Si](C)(C)C)CC(C)(C)O2. The lowest BCUT2D eigenvalue weighted by Gasteiger charge is -2.40. The van der Waals surface area contributed by atoms with Crippen LogP contribution in [0.5, 0.6) is 5.75 Å². The van der Waals surface area contributed by atoms with Gasteiger partial charge in [0.1, 0.15) is 11.4 Å². The van der Waals surface area contributed by atoms with Crippen molar-refractivity contribution in [3.8, 4) is 5.75 Å². The van der Waals surface area contributed by atoms with Crippen molar-refractivity contribution < 1.29 is 9.16 Å². The molecule has 0 radical (unpaired) electrons. The summed E-state index contributed by atoms with van der Waals surface area (Å²) in [6, 6.07) is 6.52. The molecule has 0 amide bonds. The van der Waals surface area contributed by atoms with Crippen LogP contribution in [0.4, 0.5) is 0 Å². The predicted molar refractivity (Wildman–Crippen MR) is 82.3 cm³/mol. The Balaban J connectivity index is 2.39. The number of fused-ring (bicyclic) bond motifs is 1. The Morgan fingerprint density at radius 2 is 2.00 bits per heavy atom. The fourth-order valence-electron chi connectivity index (χ4n) is 2.59. The van der Waals surface area contributed by atoms with E-state index in [1.807, 2.05) is 0 Å². The van der Waals surface area contributed by atoms with Gasteiger partial charge in [0.15, 0.2) is 8.32 Å². The van der Waals surface area contributed by atoms with E-state index in [4.69, 9.17) is 9.16 Å². The molecule has 1 atom stereocenters. The van der Waals surface area contributed by atoms with Gasteiger partial charge in [-0.2, -0.15) is 0 Å². The molecule has 0 spiro atoms. The molecule has 1 aromatic rings. The van der Waals surface area contributed by atoms with E-state index in [-0.39, 0.29) is 11.7 Å². The van der Waals surface area contributed by atoms with Gasteiger partial charge in [0.25, 0.3) is 0 Å². The van der Waals surface area contributed by atoms with Crippen molar-refractivity contribution in [1.82, 2.24) is 0 Å². The second kappa shape index (κ2) is 4.95. The van der Waals surface area contributed by atoms with Crippen molar-refractivity contribution in [3.05, 3.63) is 29.3 Å². The highest BCUT2D eigenvalue weighted by Crippen LogP contribution is 2.43. The zero-order chi connectivity index (χ0) is 14.3. The first-order chi connectivity index (χ1) is 8.70. The molecule has 2 nitrogen and oxygen atoms in total. The normalized spacial score (nSPS) is 21.7. The third-order valence-electron chi connectivity index (χ3n) is 3.39. The Morgan fingerprint density at radius 1 is 1.32 bits per heavy atom. The summed E-state index contributed by atoms with van der Waals surface area (Å²) in [5.41, 5.74) is 2.44. The van der Waals surface area contributed by atoms with Crippen molar-refractivity contribution in [2.24, 2.45) is 0 Å². The van der Waals surface area contributed by atoms with E-state index in [1.54, 1.807) is 0 Å². The Bertz CT molecular complexity index is 460. The van der Waals surface area contributed by atoms with Gasteiger partial charge in [-0.05, 0) is 57.6 Å². The molecule has 19 heavy (non-hydrogen) atoms. The molecule has 1 heterocycles. The van der Waals surface area contributed by atoms with E-state index >= 15 is 0 Å². The summed E-state index contributed by atoms with van der Waals surface area (Å²) in [5.74, 6) is 0.997. The van der Waals surface area contributed by atoms with Gasteiger partial charge in [0, 0.05) is 12.0 Å². The van der Waals surface area contributed by atoms with E-state index in [9.17, 15) is 0 Å². The lowest BCUT2D eigenvalue weighted by Crippen LogP contribution is -2.39. The Labute approximate surface area is 118 Å². The van der Waals surface area contributed by atoms with Crippen LogP contribution in [0.25, 0.3) is 0 Å². The molecule has 1 unspecified atom stereocenters. The van der Waals surface area contributed by atoms with Crippen LogP contribution in [0.3, 0.4) is 0 Å². The van der Waals surface area contributed by atoms with Crippen molar-refractivity contribution >= 4 is 8.32 Å². The molecular weight excluding hydrogens is 252 g/mol. The summed E-state index contributed by atoms with van der Waals surface area (Å²) in [7, 11) is -1.56. The zero-order valence-corrected chi connectivity index (χ0v) is 14.0. The van der Waals surface area contributed by atoms with Crippen molar-refractivity contribution in [3.63, 3.8) is 0 Å². The van der Waals surface area contributed by atoms with Crippen LogP contribution in [0, 0.1) is 0 Å². The van der Waals surface area contributed by atoms with Crippen LogP contribution in [0.15, 0.2) is 18.2 Å². The highest BCUT2D eigenvalue weighted by atomic mass is 28.4. The van der Waals surface area contributed by atoms with Gasteiger partial charge in [0.2, 0.25) is 0 Å². The summed E-state index contributed by atoms with van der Waals surface area (Å²) in [4.78, 5) is 0. The minimum Gasteiger partial charge on any atom is -0.487 e. The average Bonchev–Trinajstić information content (AvgIpc) is 2.25. The van der Waals surface area contributed by atoms with E-state index in [0.29, 0.717) is 0 Å². The second-order valence-corrected chi connectivity index (χ2v) is 11.5. The third-order valence-corrected chi connectivity index (χ3v) is 4.38. The summed E-state index contributed by atoms with van der Waals surface area (Å²) in [5, 5.41) is 0. The minimum atomic E-state index is -1.56. The van der Waals surface area contributed by atoms with Gasteiger partial charge in [-0.3, -0.25) is 0 Å². The minimum absolute atomic E-state index is 0.148. The van der Waals surface area contributed by atoms with Crippen LogP contribution in [0.1, 0.15) is 44.4 Å². The molecule has 1 aliphatic rings. The molecule has 0 fully saturated rings. The molecule has 1 aromatic carbocycles. The van der Waals surface area contributed by atoms with Gasteiger partial charge >= 0.3 is 0 Å². The first-order valence-electron chi connectivity index (χ1n) is 7.20. The quantitative estimate of drug-likeness (QED) is 0.746. The molecule has 0 aliphatic carbocycles. The maximum absolute atomic E-state index is 6.40. The van der Waals surface area contributed by atoms with Crippen LogP contribution < -0.4 is 4.74 Å². The highest BCUT2D eigenvalue weighted by Gasteiger charge is 2.36. The molecule has 106 valence electrons. The maximum Gasteiger partial charge on any atom is 0.184 e. The summed E-state index contributed by atoms with van der Waals surface area (Å²) in [6.45, 7) is 13.2. The maximum atomic E-state index is 6.40. The van der Waals surface area contributed by atoms with E-state index in [0.717, 1.165) is 18.6 Å². The Kier molecular flexibility index (Phi) is 3.80. The summed E-state index contributed by atoms with van der Waals surface area (Å²) in [6.07, 6.45) is 2.16. The Hall–Kier alpha value is -0.803. The smallest absolute Gasteiger partial charge is 0.184 e. The summed E-state index contributed by atoms with van der Waals surface area (Å²) < 4.78 is 12.5. The molecule has 2 rings (SSSR count). The average molecular weight is 278 g/mol. The topological polar surface area (TPSA) is 18.5 Å². The fraction of sp³-hybridized carbons (Fsp3) is 0.625. The molecule has 0 saturated carbocycles. The Morgan fingerprint density at radius 3 is 2.58 bits per heavy atom. The molecule has 0 bridgehead atoms. The lowest BCUT2D eigenvalue weighted by atomic mass is 9.90. The second-order valence-electron chi connectivity index (χ2n) is 7.01. The van der Waals surface area contributed by atoms with Gasteiger partial charge in [-0.15, -0.1) is 0 Å². The number of ether oxygens (including phenoxy) is 1. The number of hydrogen-bond donors (Lipinski definition) is 0.